The molecule has 0 spiro atoms. The van der Waals surface area contributed by atoms with E-state index in [1.807, 2.05) is 24.7 Å². The molecule has 2 aromatic heterocycles. The van der Waals surface area contributed by atoms with Gasteiger partial charge in [-0.3, -0.25) is 4.68 Å². The molecule has 102 valence electrons. The molecule has 6 heteroatoms. The summed E-state index contributed by atoms with van der Waals surface area (Å²) in [6, 6.07) is 2.06. The van der Waals surface area contributed by atoms with Crippen LogP contribution in [-0.4, -0.2) is 25.9 Å². The summed E-state index contributed by atoms with van der Waals surface area (Å²) in [6.07, 6.45) is 5.43. The molecule has 0 aromatic carbocycles. The first-order valence-corrected chi connectivity index (χ1v) is 6.35. The minimum atomic E-state index is 0.0893. The van der Waals surface area contributed by atoms with Crippen LogP contribution >= 0.6 is 0 Å². The van der Waals surface area contributed by atoms with Crippen LogP contribution in [0.5, 0.6) is 5.88 Å². The number of ether oxygens (including phenoxy) is 1. The zero-order valence-corrected chi connectivity index (χ0v) is 11.7. The Bertz CT molecular complexity index is 535. The van der Waals surface area contributed by atoms with Gasteiger partial charge in [0.1, 0.15) is 0 Å². The van der Waals surface area contributed by atoms with E-state index in [1.165, 1.54) is 0 Å². The van der Waals surface area contributed by atoms with Gasteiger partial charge in [-0.1, -0.05) is 0 Å². The fourth-order valence-electron chi connectivity index (χ4n) is 1.52. The zero-order chi connectivity index (χ0) is 13.8. The van der Waals surface area contributed by atoms with Gasteiger partial charge in [0.2, 0.25) is 11.8 Å². The quantitative estimate of drug-likeness (QED) is 0.896. The van der Waals surface area contributed by atoms with Crippen LogP contribution in [0.15, 0.2) is 24.7 Å². The van der Waals surface area contributed by atoms with E-state index in [-0.39, 0.29) is 6.10 Å². The Morgan fingerprint density at radius 1 is 1.26 bits per heavy atom. The van der Waals surface area contributed by atoms with Crippen LogP contribution in [-0.2, 0) is 0 Å². The molecule has 0 aliphatic carbocycles. The van der Waals surface area contributed by atoms with Crippen LogP contribution in [0.3, 0.4) is 0 Å². The van der Waals surface area contributed by atoms with Crippen molar-refractivity contribution < 1.29 is 4.74 Å². The van der Waals surface area contributed by atoms with Gasteiger partial charge < -0.3 is 10.1 Å². The maximum Gasteiger partial charge on any atom is 0.230 e. The molecule has 1 N–H and O–H groups in total. The molecule has 0 unspecified atom stereocenters. The lowest BCUT2D eigenvalue weighted by Gasteiger charge is -2.09. The third-order valence-electron chi connectivity index (χ3n) is 2.37. The summed E-state index contributed by atoms with van der Waals surface area (Å²) < 4.78 is 7.40. The Morgan fingerprint density at radius 3 is 2.68 bits per heavy atom. The van der Waals surface area contributed by atoms with Gasteiger partial charge >= 0.3 is 0 Å². The van der Waals surface area contributed by atoms with E-state index in [9.17, 15) is 0 Å². The molecule has 0 atom stereocenters. The molecule has 2 aromatic rings. The van der Waals surface area contributed by atoms with Crippen LogP contribution < -0.4 is 10.1 Å². The highest BCUT2D eigenvalue weighted by atomic mass is 16.5. The van der Waals surface area contributed by atoms with E-state index in [0.29, 0.717) is 17.9 Å². The topological polar surface area (TPSA) is 64.9 Å². The van der Waals surface area contributed by atoms with E-state index >= 15 is 0 Å². The molecule has 2 heterocycles. The molecular formula is C13H19N5O. The second kappa shape index (κ2) is 5.69. The van der Waals surface area contributed by atoms with Crippen molar-refractivity contribution in [2.45, 2.75) is 39.8 Å². The molecule has 0 aliphatic heterocycles. The molecular weight excluding hydrogens is 242 g/mol. The lowest BCUT2D eigenvalue weighted by molar-refractivity contribution is 0.232. The second-order valence-electron chi connectivity index (χ2n) is 4.81. The number of anilines is 2. The first-order chi connectivity index (χ1) is 9.04. The molecule has 2 rings (SSSR count). The SMILES string of the molecule is CC(C)Oc1ccnc(Nc2cnn(C(C)C)c2)n1. The van der Waals surface area contributed by atoms with E-state index in [1.54, 1.807) is 18.5 Å². The van der Waals surface area contributed by atoms with Crippen molar-refractivity contribution >= 4 is 11.6 Å². The third-order valence-corrected chi connectivity index (χ3v) is 2.37. The van der Waals surface area contributed by atoms with E-state index in [2.05, 4.69) is 34.2 Å². The van der Waals surface area contributed by atoms with Crippen molar-refractivity contribution in [1.29, 1.82) is 0 Å². The van der Waals surface area contributed by atoms with Gasteiger partial charge in [-0.05, 0) is 27.7 Å². The lowest BCUT2D eigenvalue weighted by atomic mass is 10.4. The van der Waals surface area contributed by atoms with Crippen LogP contribution in [0.1, 0.15) is 33.7 Å². The van der Waals surface area contributed by atoms with Crippen molar-refractivity contribution in [3.63, 3.8) is 0 Å². The molecule has 0 bridgehead atoms. The Kier molecular flexibility index (Phi) is 3.99. The molecule has 6 nitrogen and oxygen atoms in total. The molecule has 19 heavy (non-hydrogen) atoms. The number of rotatable bonds is 5. The largest absolute Gasteiger partial charge is 0.475 e. The number of nitrogens with zero attached hydrogens (tertiary/aromatic N) is 4. The van der Waals surface area contributed by atoms with Gasteiger partial charge in [0.05, 0.1) is 18.0 Å². The standard InChI is InChI=1S/C13H19N5O/c1-9(2)18-8-11(7-15-18)16-13-14-6-5-12(17-13)19-10(3)4/h5-10H,1-4H3,(H,14,16,17). The first kappa shape index (κ1) is 13.3. The van der Waals surface area contributed by atoms with Crippen molar-refractivity contribution in [3.8, 4) is 5.88 Å². The summed E-state index contributed by atoms with van der Waals surface area (Å²) in [5, 5.41) is 7.36. The number of nitrogens with one attached hydrogen (secondary N) is 1. The molecule has 0 saturated heterocycles. The van der Waals surface area contributed by atoms with Crippen LogP contribution in [0.4, 0.5) is 11.6 Å². The molecule has 0 aliphatic rings. The van der Waals surface area contributed by atoms with Gasteiger partial charge in [-0.2, -0.15) is 10.1 Å². The van der Waals surface area contributed by atoms with Crippen LogP contribution in [0.25, 0.3) is 0 Å². The highest BCUT2D eigenvalue weighted by Crippen LogP contribution is 2.16. The van der Waals surface area contributed by atoms with Gasteiger partial charge in [0, 0.05) is 24.5 Å². The predicted octanol–water partition coefficient (Wildman–Crippen LogP) is 2.78. The number of hydrogen-bond acceptors (Lipinski definition) is 5. The molecule has 0 fully saturated rings. The number of hydrogen-bond donors (Lipinski definition) is 1. The van der Waals surface area contributed by atoms with Crippen LogP contribution in [0, 0.1) is 0 Å². The molecule has 0 saturated carbocycles. The van der Waals surface area contributed by atoms with Gasteiger partial charge in [-0.25, -0.2) is 4.98 Å². The Labute approximate surface area is 112 Å². The zero-order valence-electron chi connectivity index (χ0n) is 11.7. The highest BCUT2D eigenvalue weighted by molar-refractivity contribution is 5.50. The highest BCUT2D eigenvalue weighted by Gasteiger charge is 2.05. The Hall–Kier alpha value is -2.11. The van der Waals surface area contributed by atoms with Crippen LogP contribution in [0.2, 0.25) is 0 Å². The van der Waals surface area contributed by atoms with Gasteiger partial charge in [0.15, 0.2) is 0 Å². The third kappa shape index (κ3) is 3.67. The summed E-state index contributed by atoms with van der Waals surface area (Å²) in [5.74, 6) is 1.06. The summed E-state index contributed by atoms with van der Waals surface area (Å²) in [4.78, 5) is 8.44. The van der Waals surface area contributed by atoms with E-state index in [4.69, 9.17) is 4.74 Å². The van der Waals surface area contributed by atoms with Gasteiger partial charge in [0.25, 0.3) is 0 Å². The fraction of sp³-hybridized carbons (Fsp3) is 0.462. The Morgan fingerprint density at radius 2 is 2.05 bits per heavy atom. The minimum absolute atomic E-state index is 0.0893. The van der Waals surface area contributed by atoms with Crippen molar-refractivity contribution in [3.05, 3.63) is 24.7 Å². The molecule has 0 radical (unpaired) electrons. The smallest absolute Gasteiger partial charge is 0.230 e. The van der Waals surface area contributed by atoms with Gasteiger partial charge in [-0.15, -0.1) is 0 Å². The first-order valence-electron chi connectivity index (χ1n) is 6.35. The van der Waals surface area contributed by atoms with Crippen molar-refractivity contribution in [2.24, 2.45) is 0 Å². The van der Waals surface area contributed by atoms with Crippen molar-refractivity contribution in [1.82, 2.24) is 19.7 Å². The Balaban J connectivity index is 2.09. The van der Waals surface area contributed by atoms with E-state index < -0.39 is 0 Å². The average Bonchev–Trinajstić information content (AvgIpc) is 2.77. The second-order valence-corrected chi connectivity index (χ2v) is 4.81. The maximum absolute atomic E-state index is 5.52. The summed E-state index contributed by atoms with van der Waals surface area (Å²) in [6.45, 7) is 8.07. The predicted molar refractivity (Wildman–Crippen MR) is 73.7 cm³/mol. The molecule has 0 amide bonds. The summed E-state index contributed by atoms with van der Waals surface area (Å²) in [5.41, 5.74) is 0.857. The van der Waals surface area contributed by atoms with E-state index in [0.717, 1.165) is 5.69 Å². The maximum atomic E-state index is 5.52. The number of aromatic nitrogens is 4. The average molecular weight is 261 g/mol. The monoisotopic (exact) mass is 261 g/mol. The fourth-order valence-corrected chi connectivity index (χ4v) is 1.52. The minimum Gasteiger partial charge on any atom is -0.475 e. The normalized spacial score (nSPS) is 11.1. The summed E-state index contributed by atoms with van der Waals surface area (Å²) in [7, 11) is 0. The lowest BCUT2D eigenvalue weighted by Crippen LogP contribution is -2.08. The van der Waals surface area contributed by atoms with Crippen molar-refractivity contribution in [2.75, 3.05) is 5.32 Å². The summed E-state index contributed by atoms with van der Waals surface area (Å²) >= 11 is 0.